The molecule has 7 heteroatoms. The van der Waals surface area contributed by atoms with Gasteiger partial charge in [-0.15, -0.1) is 0 Å². The Morgan fingerprint density at radius 1 is 1.47 bits per heavy atom. The standard InChI is InChI=1S/C8H7N3O4/c12-8(5-9-13)10-6-1-3-7(4-2-6)11(14)15/h1-5,13H,(H,10,12)/b9-5-. The van der Waals surface area contributed by atoms with Crippen LogP contribution in [-0.2, 0) is 4.79 Å². The van der Waals surface area contributed by atoms with Gasteiger partial charge >= 0.3 is 0 Å². The molecule has 0 unspecified atom stereocenters. The largest absolute Gasteiger partial charge is 0.411 e. The Kier molecular flexibility index (Phi) is 3.33. The van der Waals surface area contributed by atoms with Gasteiger partial charge in [0.05, 0.1) is 4.92 Å². The zero-order chi connectivity index (χ0) is 11.3. The van der Waals surface area contributed by atoms with Gasteiger partial charge in [-0.05, 0) is 12.1 Å². The van der Waals surface area contributed by atoms with Crippen LogP contribution >= 0.6 is 0 Å². The number of hydrogen-bond acceptors (Lipinski definition) is 5. The lowest BCUT2D eigenvalue weighted by Gasteiger charge is -1.99. The van der Waals surface area contributed by atoms with Gasteiger partial charge in [-0.25, -0.2) is 0 Å². The molecule has 15 heavy (non-hydrogen) atoms. The highest BCUT2D eigenvalue weighted by Crippen LogP contribution is 2.14. The third-order valence-corrected chi connectivity index (χ3v) is 1.52. The average Bonchev–Trinajstić information content (AvgIpc) is 2.18. The highest BCUT2D eigenvalue weighted by Gasteiger charge is 2.04. The van der Waals surface area contributed by atoms with Crippen LogP contribution in [0.1, 0.15) is 0 Å². The maximum absolute atomic E-state index is 10.9. The molecule has 0 heterocycles. The number of oxime groups is 1. The molecule has 0 aromatic heterocycles. The van der Waals surface area contributed by atoms with Crippen molar-refractivity contribution < 1.29 is 14.9 Å². The Hall–Kier alpha value is -2.44. The molecule has 7 nitrogen and oxygen atoms in total. The molecule has 1 amide bonds. The first kappa shape index (κ1) is 10.6. The van der Waals surface area contributed by atoms with Crippen LogP contribution in [0.2, 0.25) is 0 Å². The van der Waals surface area contributed by atoms with Gasteiger partial charge in [0.1, 0.15) is 6.21 Å². The summed E-state index contributed by atoms with van der Waals surface area (Å²) in [6.45, 7) is 0. The second-order valence-corrected chi connectivity index (χ2v) is 2.54. The molecule has 0 aliphatic rings. The van der Waals surface area contributed by atoms with Crippen molar-refractivity contribution in [3.63, 3.8) is 0 Å². The number of hydrogen-bond donors (Lipinski definition) is 2. The third-order valence-electron chi connectivity index (χ3n) is 1.52. The maximum Gasteiger partial charge on any atom is 0.270 e. The molecule has 0 spiro atoms. The summed E-state index contributed by atoms with van der Waals surface area (Å²) >= 11 is 0. The summed E-state index contributed by atoms with van der Waals surface area (Å²) in [6.07, 6.45) is 0.682. The molecule has 78 valence electrons. The summed E-state index contributed by atoms with van der Waals surface area (Å²) in [6, 6.07) is 5.26. The first-order valence-corrected chi connectivity index (χ1v) is 3.86. The average molecular weight is 209 g/mol. The number of non-ortho nitro benzene ring substituents is 1. The lowest BCUT2D eigenvalue weighted by molar-refractivity contribution is -0.384. The van der Waals surface area contributed by atoms with E-state index in [-0.39, 0.29) is 5.69 Å². The lowest BCUT2D eigenvalue weighted by atomic mass is 10.3. The van der Waals surface area contributed by atoms with E-state index in [0.29, 0.717) is 11.9 Å². The predicted molar refractivity (Wildman–Crippen MR) is 52.0 cm³/mol. The van der Waals surface area contributed by atoms with Gasteiger partial charge < -0.3 is 10.5 Å². The fourth-order valence-corrected chi connectivity index (χ4v) is 0.893. The minimum absolute atomic E-state index is 0.0659. The summed E-state index contributed by atoms with van der Waals surface area (Å²) in [7, 11) is 0. The lowest BCUT2D eigenvalue weighted by Crippen LogP contribution is -2.12. The van der Waals surface area contributed by atoms with Gasteiger partial charge in [0.15, 0.2) is 0 Å². The van der Waals surface area contributed by atoms with Crippen molar-refractivity contribution in [1.82, 2.24) is 0 Å². The van der Waals surface area contributed by atoms with Crippen LogP contribution in [0, 0.1) is 10.1 Å². The molecule has 0 saturated carbocycles. The summed E-state index contributed by atoms with van der Waals surface area (Å²) in [5.74, 6) is -0.619. The highest BCUT2D eigenvalue weighted by atomic mass is 16.6. The van der Waals surface area contributed by atoms with E-state index in [9.17, 15) is 14.9 Å². The number of amides is 1. The molecule has 1 aromatic rings. The molecule has 1 aromatic carbocycles. The molecule has 2 N–H and O–H groups in total. The van der Waals surface area contributed by atoms with Gasteiger partial charge in [0.25, 0.3) is 11.6 Å². The molecule has 0 aliphatic carbocycles. The zero-order valence-electron chi connectivity index (χ0n) is 7.45. The van der Waals surface area contributed by atoms with Crippen molar-refractivity contribution in [3.8, 4) is 0 Å². The quantitative estimate of drug-likeness (QED) is 0.335. The molecule has 0 saturated heterocycles. The van der Waals surface area contributed by atoms with Crippen LogP contribution in [0.5, 0.6) is 0 Å². The van der Waals surface area contributed by atoms with E-state index in [2.05, 4.69) is 10.5 Å². The normalized spacial score (nSPS) is 10.1. The van der Waals surface area contributed by atoms with Crippen LogP contribution in [0.25, 0.3) is 0 Å². The van der Waals surface area contributed by atoms with Crippen molar-refractivity contribution in [2.45, 2.75) is 0 Å². The second kappa shape index (κ2) is 4.70. The third kappa shape index (κ3) is 3.07. The Balaban J connectivity index is 2.72. The number of benzene rings is 1. The molecular weight excluding hydrogens is 202 g/mol. The van der Waals surface area contributed by atoms with Crippen molar-refractivity contribution in [1.29, 1.82) is 0 Å². The minimum atomic E-state index is -0.619. The molecule has 0 radical (unpaired) electrons. The zero-order valence-corrected chi connectivity index (χ0v) is 7.45. The van der Waals surface area contributed by atoms with E-state index < -0.39 is 10.8 Å². The molecule has 0 fully saturated rings. The number of nitrogens with one attached hydrogen (secondary N) is 1. The van der Waals surface area contributed by atoms with Crippen molar-refractivity contribution >= 4 is 23.5 Å². The summed E-state index contributed by atoms with van der Waals surface area (Å²) in [5.41, 5.74) is 0.314. The van der Waals surface area contributed by atoms with E-state index >= 15 is 0 Å². The Morgan fingerprint density at radius 2 is 2.07 bits per heavy atom. The summed E-state index contributed by atoms with van der Waals surface area (Å²) in [4.78, 5) is 20.6. The van der Waals surface area contributed by atoms with E-state index in [0.717, 1.165) is 0 Å². The molecule has 1 rings (SSSR count). The van der Waals surface area contributed by atoms with Gasteiger partial charge in [-0.3, -0.25) is 14.9 Å². The van der Waals surface area contributed by atoms with Crippen LogP contribution in [0.4, 0.5) is 11.4 Å². The topological polar surface area (TPSA) is 105 Å². The number of carbonyl (C=O) groups is 1. The smallest absolute Gasteiger partial charge is 0.270 e. The fraction of sp³-hybridized carbons (Fsp3) is 0. The van der Waals surface area contributed by atoms with Crippen LogP contribution < -0.4 is 5.32 Å². The molecule has 0 aliphatic heterocycles. The number of nitro groups is 1. The number of rotatable bonds is 3. The van der Waals surface area contributed by atoms with E-state index in [1.807, 2.05) is 0 Å². The Bertz CT molecular complexity index is 399. The monoisotopic (exact) mass is 209 g/mol. The van der Waals surface area contributed by atoms with E-state index in [1.165, 1.54) is 24.3 Å². The Labute approximate surface area is 84.2 Å². The first-order valence-electron chi connectivity index (χ1n) is 3.86. The van der Waals surface area contributed by atoms with Crippen LogP contribution in [0.3, 0.4) is 0 Å². The summed E-state index contributed by atoms with van der Waals surface area (Å²) < 4.78 is 0. The molecule has 0 bridgehead atoms. The first-order chi connectivity index (χ1) is 7.13. The van der Waals surface area contributed by atoms with Crippen molar-refractivity contribution in [2.75, 3.05) is 5.32 Å². The van der Waals surface area contributed by atoms with Crippen LogP contribution in [0.15, 0.2) is 29.4 Å². The number of carbonyl (C=O) groups excluding carboxylic acids is 1. The van der Waals surface area contributed by atoms with Crippen molar-refractivity contribution in [3.05, 3.63) is 34.4 Å². The van der Waals surface area contributed by atoms with Gasteiger partial charge in [0.2, 0.25) is 0 Å². The van der Waals surface area contributed by atoms with Crippen molar-refractivity contribution in [2.24, 2.45) is 5.16 Å². The maximum atomic E-state index is 10.9. The number of nitro benzene ring substituents is 1. The fourth-order valence-electron chi connectivity index (χ4n) is 0.893. The van der Waals surface area contributed by atoms with Crippen LogP contribution in [-0.4, -0.2) is 22.3 Å². The van der Waals surface area contributed by atoms with Gasteiger partial charge in [0, 0.05) is 17.8 Å². The molecule has 0 atom stereocenters. The number of anilines is 1. The second-order valence-electron chi connectivity index (χ2n) is 2.54. The van der Waals surface area contributed by atoms with E-state index in [4.69, 9.17) is 5.21 Å². The van der Waals surface area contributed by atoms with Gasteiger partial charge in [-0.2, -0.15) is 0 Å². The number of nitrogens with zero attached hydrogens (tertiary/aromatic N) is 2. The Morgan fingerprint density at radius 3 is 2.53 bits per heavy atom. The van der Waals surface area contributed by atoms with E-state index in [1.54, 1.807) is 0 Å². The van der Waals surface area contributed by atoms with Gasteiger partial charge in [-0.1, -0.05) is 5.16 Å². The molecular formula is C8H7N3O4. The predicted octanol–water partition coefficient (Wildman–Crippen LogP) is 0.993. The highest BCUT2D eigenvalue weighted by molar-refractivity contribution is 6.31. The SMILES string of the molecule is O=C(/C=N\O)Nc1ccc([N+](=O)[O-])cc1. The minimum Gasteiger partial charge on any atom is -0.411 e. The summed E-state index contributed by atoms with van der Waals surface area (Å²) in [5, 5.41) is 23.2.